The van der Waals surface area contributed by atoms with Crippen molar-refractivity contribution < 1.29 is 13.6 Å². The predicted octanol–water partition coefficient (Wildman–Crippen LogP) is 3.79. The Balaban J connectivity index is 1.31. The zero-order chi connectivity index (χ0) is 18.8. The van der Waals surface area contributed by atoms with Gasteiger partial charge in [-0.25, -0.2) is 8.78 Å². The van der Waals surface area contributed by atoms with Crippen LogP contribution in [0, 0.1) is 17.6 Å². The molecule has 1 amide bonds. The summed E-state index contributed by atoms with van der Waals surface area (Å²) in [6.07, 6.45) is 3.42. The van der Waals surface area contributed by atoms with Crippen LogP contribution >= 0.6 is 11.8 Å². The Bertz CT molecular complexity index is 775. The van der Waals surface area contributed by atoms with Gasteiger partial charge in [-0.3, -0.25) is 9.79 Å². The molecule has 1 aromatic rings. The second kappa shape index (κ2) is 8.00. The third-order valence-electron chi connectivity index (χ3n) is 5.52. The first-order valence-corrected chi connectivity index (χ1v) is 10.4. The van der Waals surface area contributed by atoms with E-state index in [2.05, 4.69) is 9.89 Å². The number of carbonyl (C=O) groups is 1. The van der Waals surface area contributed by atoms with Gasteiger partial charge in [0, 0.05) is 30.9 Å². The number of thioether (sulfide) groups is 1. The quantitative estimate of drug-likeness (QED) is 0.766. The van der Waals surface area contributed by atoms with E-state index < -0.39 is 11.6 Å². The highest BCUT2D eigenvalue weighted by Crippen LogP contribution is 2.32. The molecule has 0 spiro atoms. The van der Waals surface area contributed by atoms with Gasteiger partial charge in [-0.15, -0.1) is 0 Å². The molecule has 0 aromatic heterocycles. The topological polar surface area (TPSA) is 35.9 Å². The molecule has 0 unspecified atom stereocenters. The van der Waals surface area contributed by atoms with Crippen LogP contribution in [0.2, 0.25) is 0 Å². The van der Waals surface area contributed by atoms with Crippen LogP contribution < -0.4 is 0 Å². The number of amidine groups is 1. The molecule has 0 N–H and O–H groups in total. The van der Waals surface area contributed by atoms with Crippen LogP contribution in [-0.2, 0) is 11.2 Å². The lowest BCUT2D eigenvalue weighted by Crippen LogP contribution is -2.40. The number of carbonyl (C=O) groups excluding carboxylic acids is 1. The van der Waals surface area contributed by atoms with Gasteiger partial charge in [0.15, 0.2) is 5.17 Å². The zero-order valence-corrected chi connectivity index (χ0v) is 16.0. The summed E-state index contributed by atoms with van der Waals surface area (Å²) in [5.74, 6) is -0.533. The maximum Gasteiger partial charge on any atom is 0.228 e. The molecule has 0 bridgehead atoms. The van der Waals surface area contributed by atoms with E-state index in [0.29, 0.717) is 25.8 Å². The van der Waals surface area contributed by atoms with E-state index in [1.165, 1.54) is 18.2 Å². The highest BCUT2D eigenvalue weighted by Gasteiger charge is 2.30. The second-order valence-electron chi connectivity index (χ2n) is 7.31. The smallest absolute Gasteiger partial charge is 0.228 e. The van der Waals surface area contributed by atoms with Crippen molar-refractivity contribution in [3.63, 3.8) is 0 Å². The second-order valence-corrected chi connectivity index (χ2v) is 8.14. The Kier molecular flexibility index (Phi) is 5.48. The summed E-state index contributed by atoms with van der Waals surface area (Å²) >= 11 is 1.59. The number of nitrogens with zero attached hydrogens (tertiary/aromatic N) is 3. The fourth-order valence-electron chi connectivity index (χ4n) is 4.03. The molecular formula is C20H23F2N3OS. The summed E-state index contributed by atoms with van der Waals surface area (Å²) in [7, 11) is 0. The number of fused-ring (bicyclic) bond motifs is 1. The van der Waals surface area contributed by atoms with Crippen LogP contribution in [0.1, 0.15) is 31.2 Å². The molecule has 1 fully saturated rings. The number of piperidine rings is 1. The van der Waals surface area contributed by atoms with Crippen LogP contribution in [0.4, 0.5) is 8.78 Å². The lowest BCUT2D eigenvalue weighted by atomic mass is 9.91. The Hall–Kier alpha value is -1.89. The largest absolute Gasteiger partial charge is 0.342 e. The van der Waals surface area contributed by atoms with Crippen molar-refractivity contribution in [1.29, 1.82) is 0 Å². The summed E-state index contributed by atoms with van der Waals surface area (Å²) in [5, 5.41) is 3.03. The molecule has 27 heavy (non-hydrogen) atoms. The van der Waals surface area contributed by atoms with Crippen LogP contribution in [0.5, 0.6) is 0 Å². The highest BCUT2D eigenvalue weighted by molar-refractivity contribution is 8.16. The molecule has 144 valence electrons. The SMILES string of the molecule is O=C(CC1=CSC2=NCCN12)N1CCC[C@H](CCc2c(F)cccc2F)C1. The monoisotopic (exact) mass is 391 g/mol. The normalized spacial score (nSPS) is 21.9. The Morgan fingerprint density at radius 2 is 2.07 bits per heavy atom. The Morgan fingerprint density at radius 3 is 2.89 bits per heavy atom. The van der Waals surface area contributed by atoms with Crippen molar-refractivity contribution in [2.24, 2.45) is 10.9 Å². The predicted molar refractivity (Wildman–Crippen MR) is 103 cm³/mol. The molecule has 0 radical (unpaired) electrons. The average Bonchev–Trinajstić information content (AvgIpc) is 3.27. The van der Waals surface area contributed by atoms with Gasteiger partial charge in [0.25, 0.3) is 0 Å². The van der Waals surface area contributed by atoms with E-state index in [-0.39, 0.29) is 17.4 Å². The maximum atomic E-state index is 13.8. The number of hydrogen-bond donors (Lipinski definition) is 0. The van der Waals surface area contributed by atoms with Gasteiger partial charge < -0.3 is 9.80 Å². The van der Waals surface area contributed by atoms with Gasteiger partial charge in [-0.05, 0) is 49.1 Å². The van der Waals surface area contributed by atoms with Crippen molar-refractivity contribution in [2.45, 2.75) is 32.1 Å². The number of aliphatic imine (C=N–C) groups is 1. The molecule has 7 heteroatoms. The van der Waals surface area contributed by atoms with Crippen molar-refractivity contribution >= 4 is 22.8 Å². The minimum Gasteiger partial charge on any atom is -0.342 e. The van der Waals surface area contributed by atoms with Gasteiger partial charge in [-0.2, -0.15) is 0 Å². The minimum absolute atomic E-state index is 0.136. The van der Waals surface area contributed by atoms with Crippen LogP contribution in [0.25, 0.3) is 0 Å². The van der Waals surface area contributed by atoms with Gasteiger partial charge in [0.05, 0.1) is 13.0 Å². The summed E-state index contributed by atoms with van der Waals surface area (Å²) in [6.45, 7) is 3.10. The van der Waals surface area contributed by atoms with Crippen LogP contribution in [0.3, 0.4) is 0 Å². The third-order valence-corrected chi connectivity index (χ3v) is 6.47. The average molecular weight is 391 g/mol. The Morgan fingerprint density at radius 1 is 1.26 bits per heavy atom. The molecular weight excluding hydrogens is 368 g/mol. The molecule has 3 heterocycles. The molecule has 1 aromatic carbocycles. The summed E-state index contributed by atoms with van der Waals surface area (Å²) in [6, 6.07) is 4.00. The van der Waals surface area contributed by atoms with E-state index in [1.807, 2.05) is 10.3 Å². The molecule has 4 rings (SSSR count). The van der Waals surface area contributed by atoms with E-state index in [1.54, 1.807) is 11.8 Å². The highest BCUT2D eigenvalue weighted by atomic mass is 32.2. The lowest BCUT2D eigenvalue weighted by molar-refractivity contribution is -0.132. The Labute approximate surface area is 162 Å². The number of rotatable bonds is 5. The van der Waals surface area contributed by atoms with Gasteiger partial charge in [0.1, 0.15) is 11.6 Å². The number of benzene rings is 1. The molecule has 0 aliphatic carbocycles. The summed E-state index contributed by atoms with van der Waals surface area (Å²) in [5.41, 5.74) is 1.20. The van der Waals surface area contributed by atoms with Crippen molar-refractivity contribution in [3.8, 4) is 0 Å². The maximum absolute atomic E-state index is 13.8. The fourth-order valence-corrected chi connectivity index (χ4v) is 4.98. The molecule has 1 atom stereocenters. The number of halogens is 2. The van der Waals surface area contributed by atoms with Crippen molar-refractivity contribution in [2.75, 3.05) is 26.2 Å². The lowest BCUT2D eigenvalue weighted by Gasteiger charge is -2.33. The van der Waals surface area contributed by atoms with Crippen LogP contribution in [0.15, 0.2) is 34.3 Å². The first-order valence-electron chi connectivity index (χ1n) is 9.50. The van der Waals surface area contributed by atoms with E-state index >= 15 is 0 Å². The first kappa shape index (κ1) is 18.5. The molecule has 3 aliphatic rings. The van der Waals surface area contributed by atoms with E-state index in [4.69, 9.17) is 0 Å². The minimum atomic E-state index is -0.479. The summed E-state index contributed by atoms with van der Waals surface area (Å²) < 4.78 is 27.6. The van der Waals surface area contributed by atoms with E-state index in [0.717, 1.165) is 43.3 Å². The van der Waals surface area contributed by atoms with Crippen LogP contribution in [-0.4, -0.2) is 47.1 Å². The van der Waals surface area contributed by atoms with Gasteiger partial charge in [0.2, 0.25) is 5.91 Å². The number of amides is 1. The van der Waals surface area contributed by atoms with Crippen molar-refractivity contribution in [3.05, 3.63) is 46.5 Å². The number of hydrogen-bond acceptors (Lipinski definition) is 4. The van der Waals surface area contributed by atoms with Gasteiger partial charge in [-0.1, -0.05) is 17.8 Å². The zero-order valence-electron chi connectivity index (χ0n) is 15.2. The third kappa shape index (κ3) is 4.03. The van der Waals surface area contributed by atoms with E-state index in [9.17, 15) is 13.6 Å². The summed E-state index contributed by atoms with van der Waals surface area (Å²) in [4.78, 5) is 21.2. The van der Waals surface area contributed by atoms with Crippen molar-refractivity contribution in [1.82, 2.24) is 9.80 Å². The molecule has 4 nitrogen and oxygen atoms in total. The van der Waals surface area contributed by atoms with Gasteiger partial charge >= 0.3 is 0 Å². The standard InChI is InChI=1S/C20H23F2N3OS/c21-17-4-1-5-18(22)16(17)7-6-14-3-2-9-24(12-14)19(26)11-15-13-27-20-23-8-10-25(15)20/h1,4-5,13-14H,2-3,6-12H2/t14-/m1/s1. The first-order chi connectivity index (χ1) is 13.1. The molecule has 3 aliphatic heterocycles. The molecule has 1 saturated heterocycles. The number of likely N-dealkylation sites (tertiary alicyclic amines) is 1. The molecule has 0 saturated carbocycles. The fraction of sp³-hybridized carbons (Fsp3) is 0.500.